The van der Waals surface area contributed by atoms with Gasteiger partial charge in [0.1, 0.15) is 5.92 Å². The second kappa shape index (κ2) is 8.44. The summed E-state index contributed by atoms with van der Waals surface area (Å²) in [6.07, 6.45) is -0.939. The van der Waals surface area contributed by atoms with E-state index in [-0.39, 0.29) is 11.8 Å². The molecule has 0 saturated carbocycles. The van der Waals surface area contributed by atoms with E-state index < -0.39 is 18.1 Å². The Kier molecular flexibility index (Phi) is 5.03. The summed E-state index contributed by atoms with van der Waals surface area (Å²) in [7, 11) is 0. The van der Waals surface area contributed by atoms with Gasteiger partial charge in [-0.2, -0.15) is 0 Å². The van der Waals surface area contributed by atoms with E-state index in [0.29, 0.717) is 10.7 Å². The summed E-state index contributed by atoms with van der Waals surface area (Å²) in [4.78, 5) is 35.4. The fourth-order valence-electron chi connectivity index (χ4n) is 5.72. The standard InChI is InChI=1S/C31H21ClN2O3/c32-21-14-16-22(17-15-21)33-30(35)27-28(34(37-29(27)31(33)36)23-10-2-1-3-11-23)26-24-12-6-4-8-19(24)18-20-9-5-7-13-25(20)26/h1-18,27-29H/t27-,28+,29+/m0/s1. The number of nitrogens with zero attached hydrogens (tertiary/aromatic N) is 2. The summed E-state index contributed by atoms with van der Waals surface area (Å²) < 4.78 is 0. The van der Waals surface area contributed by atoms with E-state index >= 15 is 0 Å². The molecule has 0 unspecified atom stereocenters. The van der Waals surface area contributed by atoms with Gasteiger partial charge < -0.3 is 0 Å². The number of imide groups is 1. The number of hydrogen-bond donors (Lipinski definition) is 0. The van der Waals surface area contributed by atoms with Crippen molar-refractivity contribution in [1.82, 2.24) is 0 Å². The van der Waals surface area contributed by atoms with E-state index in [4.69, 9.17) is 16.4 Å². The lowest BCUT2D eigenvalue weighted by Gasteiger charge is -2.30. The highest BCUT2D eigenvalue weighted by molar-refractivity contribution is 6.31. The lowest BCUT2D eigenvalue weighted by molar-refractivity contribution is -0.126. The summed E-state index contributed by atoms with van der Waals surface area (Å²) in [5.41, 5.74) is 2.26. The SMILES string of the molecule is O=C1[C@H]2[C@@H](c3c4ccccc4cc4ccccc34)N(c3ccccc3)O[C@H]2C(=O)N1c1ccc(Cl)cc1. The molecule has 0 N–H and O–H groups in total. The molecule has 6 heteroatoms. The zero-order valence-corrected chi connectivity index (χ0v) is 20.4. The maximum atomic E-state index is 14.1. The minimum Gasteiger partial charge on any atom is -0.273 e. The van der Waals surface area contributed by atoms with Gasteiger partial charge in [0.05, 0.1) is 17.4 Å². The van der Waals surface area contributed by atoms with Crippen molar-refractivity contribution in [3.8, 4) is 0 Å². The van der Waals surface area contributed by atoms with E-state index in [9.17, 15) is 9.59 Å². The molecule has 2 heterocycles. The van der Waals surface area contributed by atoms with Gasteiger partial charge >= 0.3 is 0 Å². The van der Waals surface area contributed by atoms with Gasteiger partial charge in [-0.1, -0.05) is 78.3 Å². The fraction of sp³-hybridized carbons (Fsp3) is 0.0968. The predicted molar refractivity (Wildman–Crippen MR) is 145 cm³/mol. The van der Waals surface area contributed by atoms with Crippen molar-refractivity contribution in [2.75, 3.05) is 9.96 Å². The normalized spacial score (nSPS) is 21.3. The molecule has 180 valence electrons. The number of para-hydroxylation sites is 1. The third-order valence-electron chi connectivity index (χ3n) is 7.32. The Balaban J connectivity index is 1.47. The summed E-state index contributed by atoms with van der Waals surface area (Å²) in [5.74, 6) is -1.37. The molecule has 5 aromatic carbocycles. The maximum Gasteiger partial charge on any atom is 0.266 e. The van der Waals surface area contributed by atoms with Crippen LogP contribution in [0.1, 0.15) is 11.6 Å². The molecule has 0 aliphatic carbocycles. The maximum absolute atomic E-state index is 14.1. The monoisotopic (exact) mass is 504 g/mol. The topological polar surface area (TPSA) is 49.9 Å². The van der Waals surface area contributed by atoms with Gasteiger partial charge in [-0.25, -0.2) is 9.96 Å². The highest BCUT2D eigenvalue weighted by atomic mass is 35.5. The number of amides is 2. The molecule has 2 amide bonds. The summed E-state index contributed by atoms with van der Waals surface area (Å²) in [6, 6.07) is 34.4. The number of anilines is 2. The van der Waals surface area contributed by atoms with E-state index in [1.807, 2.05) is 54.6 Å². The molecule has 0 bridgehead atoms. The van der Waals surface area contributed by atoms with Crippen molar-refractivity contribution >= 4 is 56.3 Å². The molecule has 3 atom stereocenters. The quantitative estimate of drug-likeness (QED) is 0.203. The van der Waals surface area contributed by atoms with Crippen LogP contribution in [0.2, 0.25) is 5.02 Å². The number of hydroxylamine groups is 1. The first-order valence-corrected chi connectivity index (χ1v) is 12.5. The Morgan fingerprint density at radius 2 is 1.24 bits per heavy atom. The van der Waals surface area contributed by atoms with Crippen LogP contribution in [0, 0.1) is 5.92 Å². The molecule has 7 rings (SSSR count). The number of carbonyl (C=O) groups is 2. The van der Waals surface area contributed by atoms with Gasteiger partial charge in [-0.05, 0) is 69.6 Å². The number of fused-ring (bicyclic) bond motifs is 3. The molecule has 2 fully saturated rings. The molecule has 0 spiro atoms. The van der Waals surface area contributed by atoms with Crippen LogP contribution in [-0.4, -0.2) is 17.9 Å². The van der Waals surface area contributed by atoms with Gasteiger partial charge in [-0.3, -0.25) is 14.4 Å². The molecule has 2 aliphatic rings. The summed E-state index contributed by atoms with van der Waals surface area (Å²) >= 11 is 6.07. The van der Waals surface area contributed by atoms with Crippen LogP contribution in [0.15, 0.2) is 109 Å². The highest BCUT2D eigenvalue weighted by Gasteiger charge is 2.60. The first kappa shape index (κ1) is 22.0. The van der Waals surface area contributed by atoms with Crippen molar-refractivity contribution in [2.24, 2.45) is 5.92 Å². The summed E-state index contributed by atoms with van der Waals surface area (Å²) in [5, 5.41) is 6.49. The van der Waals surface area contributed by atoms with Gasteiger partial charge in [0.15, 0.2) is 6.10 Å². The van der Waals surface area contributed by atoms with Crippen LogP contribution in [-0.2, 0) is 14.4 Å². The number of hydrogen-bond acceptors (Lipinski definition) is 4. The Hall–Kier alpha value is -4.19. The minimum atomic E-state index is -0.939. The Bertz CT molecular complexity index is 1630. The van der Waals surface area contributed by atoms with Crippen LogP contribution < -0.4 is 9.96 Å². The average Bonchev–Trinajstić information content (AvgIpc) is 3.44. The molecule has 2 aliphatic heterocycles. The first-order valence-electron chi connectivity index (χ1n) is 12.2. The highest BCUT2D eigenvalue weighted by Crippen LogP contribution is 2.50. The van der Waals surface area contributed by atoms with Crippen molar-refractivity contribution in [2.45, 2.75) is 12.1 Å². The largest absolute Gasteiger partial charge is 0.273 e. The Labute approximate surface area is 218 Å². The van der Waals surface area contributed by atoms with Crippen LogP contribution in [0.25, 0.3) is 21.5 Å². The van der Waals surface area contributed by atoms with Gasteiger partial charge in [0, 0.05) is 5.02 Å². The number of benzene rings is 5. The van der Waals surface area contributed by atoms with Gasteiger partial charge in [0.25, 0.3) is 5.91 Å². The third-order valence-corrected chi connectivity index (χ3v) is 7.57. The fourth-order valence-corrected chi connectivity index (χ4v) is 5.84. The molecular formula is C31H21ClN2O3. The Morgan fingerprint density at radius 1 is 0.649 bits per heavy atom. The second-order valence-electron chi connectivity index (χ2n) is 9.38. The van der Waals surface area contributed by atoms with Gasteiger partial charge in [0.2, 0.25) is 5.91 Å². The average molecular weight is 505 g/mol. The van der Waals surface area contributed by atoms with Crippen molar-refractivity contribution in [3.05, 3.63) is 120 Å². The van der Waals surface area contributed by atoms with Crippen molar-refractivity contribution in [3.63, 3.8) is 0 Å². The van der Waals surface area contributed by atoms with Crippen LogP contribution in [0.4, 0.5) is 11.4 Å². The molecule has 5 aromatic rings. The lowest BCUT2D eigenvalue weighted by Crippen LogP contribution is -2.37. The minimum absolute atomic E-state index is 0.280. The Morgan fingerprint density at radius 3 is 1.89 bits per heavy atom. The third kappa shape index (κ3) is 3.35. The van der Waals surface area contributed by atoms with Crippen molar-refractivity contribution < 1.29 is 14.4 Å². The van der Waals surface area contributed by atoms with Crippen LogP contribution in [0.5, 0.6) is 0 Å². The number of rotatable bonds is 3. The molecule has 0 aromatic heterocycles. The number of halogens is 1. The molecule has 5 nitrogen and oxygen atoms in total. The smallest absolute Gasteiger partial charge is 0.266 e. The van der Waals surface area contributed by atoms with E-state index in [1.165, 1.54) is 4.90 Å². The van der Waals surface area contributed by atoms with E-state index in [1.54, 1.807) is 29.3 Å². The first-order chi connectivity index (χ1) is 18.1. The zero-order chi connectivity index (χ0) is 25.1. The van der Waals surface area contributed by atoms with Crippen molar-refractivity contribution in [1.29, 1.82) is 0 Å². The molecule has 0 radical (unpaired) electrons. The zero-order valence-electron chi connectivity index (χ0n) is 19.6. The van der Waals surface area contributed by atoms with E-state index in [0.717, 1.165) is 32.8 Å². The van der Waals surface area contributed by atoms with Crippen LogP contribution >= 0.6 is 11.6 Å². The number of carbonyl (C=O) groups excluding carboxylic acids is 2. The summed E-state index contributed by atoms with van der Waals surface area (Å²) in [6.45, 7) is 0. The van der Waals surface area contributed by atoms with Gasteiger partial charge in [-0.15, -0.1) is 0 Å². The second-order valence-corrected chi connectivity index (χ2v) is 9.82. The molecular weight excluding hydrogens is 484 g/mol. The predicted octanol–water partition coefficient (Wildman–Crippen LogP) is 6.70. The molecule has 2 saturated heterocycles. The molecule has 37 heavy (non-hydrogen) atoms. The van der Waals surface area contributed by atoms with Crippen LogP contribution in [0.3, 0.4) is 0 Å². The lowest BCUT2D eigenvalue weighted by atomic mass is 9.84. The van der Waals surface area contributed by atoms with E-state index in [2.05, 4.69) is 30.3 Å².